The van der Waals surface area contributed by atoms with Crippen LogP contribution >= 0.6 is 0 Å². The Morgan fingerprint density at radius 2 is 1.93 bits per heavy atom. The van der Waals surface area contributed by atoms with Gasteiger partial charge in [-0.05, 0) is 37.2 Å². The number of halogens is 3. The molecule has 1 N–H and O–H groups in total. The molecule has 0 bridgehead atoms. The molecule has 0 spiro atoms. The van der Waals surface area contributed by atoms with E-state index in [-0.39, 0.29) is 11.9 Å². The van der Waals surface area contributed by atoms with Gasteiger partial charge in [0.25, 0.3) is 0 Å². The first kappa shape index (κ1) is 19.4. The molecular formula is C19H22F3N3O3. The number of rotatable bonds is 7. The summed E-state index contributed by atoms with van der Waals surface area (Å²) in [5.74, 6) is -1.16. The summed E-state index contributed by atoms with van der Waals surface area (Å²) < 4.78 is 47.8. The zero-order valence-electron chi connectivity index (χ0n) is 15.2. The number of alkyl halides is 3. The number of aliphatic hydroxyl groups is 1. The van der Waals surface area contributed by atoms with Crippen LogP contribution < -0.4 is 0 Å². The Hall–Kier alpha value is -1.97. The Morgan fingerprint density at radius 3 is 2.50 bits per heavy atom. The monoisotopic (exact) mass is 397 g/mol. The molecule has 4 rings (SSSR count). The highest BCUT2D eigenvalue weighted by atomic mass is 19.4. The van der Waals surface area contributed by atoms with Crippen LogP contribution in [0.15, 0.2) is 28.8 Å². The number of aromatic nitrogens is 2. The summed E-state index contributed by atoms with van der Waals surface area (Å²) in [6, 6.07) is 6.93. The summed E-state index contributed by atoms with van der Waals surface area (Å²) >= 11 is 0. The van der Waals surface area contributed by atoms with Gasteiger partial charge in [-0.3, -0.25) is 4.90 Å². The van der Waals surface area contributed by atoms with Crippen LogP contribution in [0.2, 0.25) is 0 Å². The summed E-state index contributed by atoms with van der Waals surface area (Å²) in [7, 11) is 0. The maximum Gasteiger partial charge on any atom is 0.471 e. The number of ether oxygens (including phenoxy) is 1. The van der Waals surface area contributed by atoms with Gasteiger partial charge in [0.2, 0.25) is 5.82 Å². The van der Waals surface area contributed by atoms with Crippen LogP contribution in [0.1, 0.15) is 37.1 Å². The van der Waals surface area contributed by atoms with Crippen molar-refractivity contribution in [3.8, 4) is 11.4 Å². The maximum atomic E-state index is 12.6. The summed E-state index contributed by atoms with van der Waals surface area (Å²) in [6.07, 6.45) is -0.942. The normalized spacial score (nSPS) is 21.4. The molecule has 2 aromatic rings. The van der Waals surface area contributed by atoms with Gasteiger partial charge in [0.15, 0.2) is 0 Å². The fraction of sp³-hybridized carbons (Fsp3) is 0.579. The summed E-state index contributed by atoms with van der Waals surface area (Å²) in [4.78, 5) is 5.43. The van der Waals surface area contributed by atoms with Gasteiger partial charge in [0.05, 0.1) is 6.10 Å². The van der Waals surface area contributed by atoms with E-state index >= 15 is 0 Å². The smallest absolute Gasteiger partial charge is 0.378 e. The molecule has 2 heterocycles. The van der Waals surface area contributed by atoms with Crippen molar-refractivity contribution in [3.05, 3.63) is 35.7 Å². The molecule has 0 amide bonds. The lowest BCUT2D eigenvalue weighted by Gasteiger charge is -2.30. The van der Waals surface area contributed by atoms with Crippen LogP contribution in [-0.2, 0) is 17.5 Å². The standard InChI is InChI=1S/C19H22F3N3O3/c20-19(21,22)18-23-16(24-28-18)13-5-3-12(4-6-13)10-25(17(26)14-7-8-14)11-15-2-1-9-27-15/h3-6,14-15,17,26H,1-2,7-11H2. The van der Waals surface area contributed by atoms with E-state index < -0.39 is 18.3 Å². The molecule has 2 unspecified atom stereocenters. The van der Waals surface area contributed by atoms with Crippen molar-refractivity contribution < 1.29 is 27.5 Å². The lowest BCUT2D eigenvalue weighted by atomic mass is 10.1. The number of benzene rings is 1. The molecule has 2 fully saturated rings. The zero-order valence-corrected chi connectivity index (χ0v) is 15.2. The first-order valence-corrected chi connectivity index (χ1v) is 9.44. The van der Waals surface area contributed by atoms with Crippen LogP contribution in [0.25, 0.3) is 11.4 Å². The second-order valence-electron chi connectivity index (χ2n) is 7.43. The van der Waals surface area contributed by atoms with Crippen LogP contribution in [0.3, 0.4) is 0 Å². The van der Waals surface area contributed by atoms with Crippen LogP contribution in [0, 0.1) is 5.92 Å². The average molecular weight is 397 g/mol. The van der Waals surface area contributed by atoms with Gasteiger partial charge in [0, 0.05) is 25.3 Å². The predicted molar refractivity (Wildman–Crippen MR) is 92.9 cm³/mol. The zero-order chi connectivity index (χ0) is 19.7. The largest absolute Gasteiger partial charge is 0.471 e. The van der Waals surface area contributed by atoms with Gasteiger partial charge in [-0.15, -0.1) is 0 Å². The number of nitrogens with zero attached hydrogens (tertiary/aromatic N) is 3. The second-order valence-corrected chi connectivity index (χ2v) is 7.43. The molecule has 1 aliphatic carbocycles. The molecular weight excluding hydrogens is 375 g/mol. The van der Waals surface area contributed by atoms with E-state index in [0.29, 0.717) is 24.6 Å². The van der Waals surface area contributed by atoms with Crippen molar-refractivity contribution in [2.75, 3.05) is 13.2 Å². The molecule has 6 nitrogen and oxygen atoms in total. The van der Waals surface area contributed by atoms with Gasteiger partial charge >= 0.3 is 12.1 Å². The first-order chi connectivity index (χ1) is 13.4. The summed E-state index contributed by atoms with van der Waals surface area (Å²) in [6.45, 7) is 1.97. The van der Waals surface area contributed by atoms with Gasteiger partial charge in [-0.25, -0.2) is 0 Å². The molecule has 1 aliphatic heterocycles. The minimum absolute atomic E-state index is 0.104. The van der Waals surface area contributed by atoms with E-state index in [2.05, 4.69) is 14.7 Å². The Morgan fingerprint density at radius 1 is 1.18 bits per heavy atom. The fourth-order valence-corrected chi connectivity index (χ4v) is 3.46. The summed E-state index contributed by atoms with van der Waals surface area (Å²) in [5, 5.41) is 14.0. The highest BCUT2D eigenvalue weighted by molar-refractivity contribution is 5.54. The Labute approximate surface area is 160 Å². The fourth-order valence-electron chi connectivity index (χ4n) is 3.46. The highest BCUT2D eigenvalue weighted by Crippen LogP contribution is 2.35. The van der Waals surface area contributed by atoms with Crippen molar-refractivity contribution in [1.29, 1.82) is 0 Å². The lowest BCUT2D eigenvalue weighted by Crippen LogP contribution is -2.41. The van der Waals surface area contributed by atoms with Gasteiger partial charge in [0.1, 0.15) is 6.23 Å². The molecule has 0 radical (unpaired) electrons. The van der Waals surface area contributed by atoms with Crippen molar-refractivity contribution in [1.82, 2.24) is 15.0 Å². The van der Waals surface area contributed by atoms with E-state index in [1.165, 1.54) is 0 Å². The molecule has 152 valence electrons. The topological polar surface area (TPSA) is 71.6 Å². The van der Waals surface area contributed by atoms with Gasteiger partial charge in [-0.2, -0.15) is 18.2 Å². The van der Waals surface area contributed by atoms with E-state index in [9.17, 15) is 18.3 Å². The second kappa shape index (κ2) is 7.81. The number of hydrogen-bond acceptors (Lipinski definition) is 6. The van der Waals surface area contributed by atoms with Crippen molar-refractivity contribution in [3.63, 3.8) is 0 Å². The first-order valence-electron chi connectivity index (χ1n) is 9.44. The number of aliphatic hydroxyl groups excluding tert-OH is 1. The maximum absolute atomic E-state index is 12.6. The van der Waals surface area contributed by atoms with Gasteiger partial charge in [-0.1, -0.05) is 29.4 Å². The molecule has 1 saturated carbocycles. The van der Waals surface area contributed by atoms with E-state index in [1.54, 1.807) is 24.3 Å². The molecule has 1 aromatic carbocycles. The highest BCUT2D eigenvalue weighted by Gasteiger charge is 2.38. The van der Waals surface area contributed by atoms with E-state index in [0.717, 1.165) is 37.9 Å². The van der Waals surface area contributed by atoms with Crippen molar-refractivity contribution >= 4 is 0 Å². The third kappa shape index (κ3) is 4.53. The average Bonchev–Trinajstić information content (AvgIpc) is 3.16. The third-order valence-corrected chi connectivity index (χ3v) is 5.15. The minimum atomic E-state index is -4.66. The van der Waals surface area contributed by atoms with E-state index in [4.69, 9.17) is 4.74 Å². The third-order valence-electron chi connectivity index (χ3n) is 5.15. The molecule has 28 heavy (non-hydrogen) atoms. The van der Waals surface area contributed by atoms with Crippen molar-refractivity contribution in [2.45, 2.75) is 50.7 Å². The Kier molecular flexibility index (Phi) is 5.39. The molecule has 1 saturated heterocycles. The van der Waals surface area contributed by atoms with E-state index in [1.807, 2.05) is 4.90 Å². The number of hydrogen-bond donors (Lipinski definition) is 1. The van der Waals surface area contributed by atoms with Crippen LogP contribution in [0.5, 0.6) is 0 Å². The Bertz CT molecular complexity index is 784. The SMILES string of the molecule is OC(C1CC1)N(Cc1ccc(-c2noc(C(F)(F)F)n2)cc1)CC1CCCO1. The lowest BCUT2D eigenvalue weighted by molar-refractivity contribution is -0.159. The van der Waals surface area contributed by atoms with Crippen LogP contribution in [0.4, 0.5) is 13.2 Å². The quantitative estimate of drug-likeness (QED) is 0.722. The molecule has 1 aromatic heterocycles. The van der Waals surface area contributed by atoms with Crippen LogP contribution in [-0.4, -0.2) is 45.6 Å². The minimum Gasteiger partial charge on any atom is -0.378 e. The molecule has 9 heteroatoms. The predicted octanol–water partition coefficient (Wildman–Crippen LogP) is 3.46. The van der Waals surface area contributed by atoms with Crippen molar-refractivity contribution in [2.24, 2.45) is 5.92 Å². The molecule has 2 atom stereocenters. The molecule has 2 aliphatic rings. The Balaban J connectivity index is 1.44. The van der Waals surface area contributed by atoms with Gasteiger partial charge < -0.3 is 14.4 Å². The summed E-state index contributed by atoms with van der Waals surface area (Å²) in [5.41, 5.74) is 1.39.